The molecule has 4 nitrogen and oxygen atoms in total. The van der Waals surface area contributed by atoms with Crippen LogP contribution in [0, 0.1) is 0 Å². The van der Waals surface area contributed by atoms with Crippen LogP contribution in [0.15, 0.2) is 12.3 Å². The normalized spacial score (nSPS) is 11.4. The predicted molar refractivity (Wildman–Crippen MR) is 53.4 cm³/mol. The van der Waals surface area contributed by atoms with Crippen molar-refractivity contribution in [2.75, 3.05) is 14.2 Å². The third-order valence-corrected chi connectivity index (χ3v) is 2.17. The first kappa shape index (κ1) is 13.7. The molecule has 1 aromatic heterocycles. The van der Waals surface area contributed by atoms with Crippen molar-refractivity contribution in [1.82, 2.24) is 10.0 Å². The fourth-order valence-corrected chi connectivity index (χ4v) is 1.25. The summed E-state index contributed by atoms with van der Waals surface area (Å²) in [5.41, 5.74) is -1.77. The molecule has 17 heavy (non-hydrogen) atoms. The Morgan fingerprint density at radius 2 is 2.12 bits per heavy atom. The molecule has 0 aliphatic heterocycles. The fourth-order valence-electron chi connectivity index (χ4n) is 1.09. The molecule has 0 saturated carbocycles. The number of hydrogen-bond donors (Lipinski definition) is 0. The number of carbonyl (C=O) groups excluding carboxylic acids is 1. The van der Waals surface area contributed by atoms with Gasteiger partial charge in [0.1, 0.15) is 5.15 Å². The molecule has 1 heterocycles. The van der Waals surface area contributed by atoms with E-state index in [1.54, 1.807) is 0 Å². The Balaban J connectivity index is 3.29. The van der Waals surface area contributed by atoms with Gasteiger partial charge in [-0.2, -0.15) is 13.2 Å². The van der Waals surface area contributed by atoms with E-state index in [1.165, 1.54) is 7.05 Å². The number of hydrogen-bond acceptors (Lipinski definition) is 3. The third kappa shape index (κ3) is 3.07. The third-order valence-electron chi connectivity index (χ3n) is 1.97. The summed E-state index contributed by atoms with van der Waals surface area (Å²) in [6.45, 7) is 0. The minimum Gasteiger partial charge on any atom is -0.274 e. The molecule has 0 atom stereocenters. The number of rotatable bonds is 2. The van der Waals surface area contributed by atoms with E-state index in [0.29, 0.717) is 11.1 Å². The molecule has 0 saturated heterocycles. The van der Waals surface area contributed by atoms with Gasteiger partial charge in [0.15, 0.2) is 0 Å². The topological polar surface area (TPSA) is 42.4 Å². The zero-order valence-corrected chi connectivity index (χ0v) is 9.63. The minimum absolute atomic E-state index is 0.339. The second-order valence-electron chi connectivity index (χ2n) is 3.04. The molecule has 1 rings (SSSR count). The molecule has 0 bridgehead atoms. The van der Waals surface area contributed by atoms with Crippen molar-refractivity contribution in [3.05, 3.63) is 28.5 Å². The summed E-state index contributed by atoms with van der Waals surface area (Å²) in [6, 6.07) is 0.596. The number of pyridine rings is 1. The Morgan fingerprint density at radius 3 is 2.59 bits per heavy atom. The van der Waals surface area contributed by atoms with Crippen molar-refractivity contribution in [3.8, 4) is 0 Å². The molecule has 1 amide bonds. The zero-order valence-electron chi connectivity index (χ0n) is 8.88. The molecule has 0 aliphatic rings. The molecule has 0 spiro atoms. The second-order valence-corrected chi connectivity index (χ2v) is 3.42. The average molecular weight is 269 g/mol. The predicted octanol–water partition coefficient (Wildman–Crippen LogP) is 2.39. The Bertz CT molecular complexity index is 437. The quantitative estimate of drug-likeness (QED) is 0.611. The summed E-state index contributed by atoms with van der Waals surface area (Å²) < 4.78 is 38.0. The molecule has 0 N–H and O–H groups in total. The Morgan fingerprint density at radius 1 is 1.53 bits per heavy atom. The highest BCUT2D eigenvalue weighted by molar-refractivity contribution is 6.29. The highest BCUT2D eigenvalue weighted by Gasteiger charge is 2.36. The van der Waals surface area contributed by atoms with Crippen molar-refractivity contribution in [2.45, 2.75) is 6.18 Å². The van der Waals surface area contributed by atoms with Gasteiger partial charge in [-0.15, -0.1) is 0 Å². The molecular weight excluding hydrogens is 261 g/mol. The van der Waals surface area contributed by atoms with Crippen LogP contribution in [-0.2, 0) is 11.0 Å². The molecule has 0 radical (unpaired) electrons. The van der Waals surface area contributed by atoms with Gasteiger partial charge in [-0.25, -0.2) is 10.0 Å². The first-order chi connectivity index (χ1) is 7.77. The minimum atomic E-state index is -4.69. The largest absolute Gasteiger partial charge is 0.417 e. The molecule has 0 aromatic carbocycles. The number of amides is 1. The molecule has 0 fully saturated rings. The highest BCUT2D eigenvalue weighted by atomic mass is 35.5. The lowest BCUT2D eigenvalue weighted by atomic mass is 10.1. The summed E-state index contributed by atoms with van der Waals surface area (Å²) in [5, 5.41) is 0.328. The van der Waals surface area contributed by atoms with Crippen LogP contribution in [-0.4, -0.2) is 30.1 Å². The van der Waals surface area contributed by atoms with Gasteiger partial charge in [-0.3, -0.25) is 9.63 Å². The number of aromatic nitrogens is 1. The number of nitrogens with zero attached hydrogens (tertiary/aromatic N) is 2. The van der Waals surface area contributed by atoms with E-state index in [-0.39, 0.29) is 5.15 Å². The summed E-state index contributed by atoms with van der Waals surface area (Å²) in [4.78, 5) is 19.5. The monoisotopic (exact) mass is 268 g/mol. The average Bonchev–Trinajstić information content (AvgIpc) is 2.25. The zero-order chi connectivity index (χ0) is 13.2. The number of hydroxylamine groups is 2. The van der Waals surface area contributed by atoms with Gasteiger partial charge in [-0.05, 0) is 6.07 Å². The van der Waals surface area contributed by atoms with Gasteiger partial charge in [0.2, 0.25) is 0 Å². The molecule has 1 aromatic rings. The molecule has 0 unspecified atom stereocenters. The van der Waals surface area contributed by atoms with E-state index >= 15 is 0 Å². The van der Waals surface area contributed by atoms with Crippen LogP contribution < -0.4 is 0 Å². The van der Waals surface area contributed by atoms with E-state index in [1.807, 2.05) is 0 Å². The Kier molecular flexibility index (Phi) is 3.94. The maximum absolute atomic E-state index is 12.7. The van der Waals surface area contributed by atoms with Crippen LogP contribution in [0.3, 0.4) is 0 Å². The summed E-state index contributed by atoms with van der Waals surface area (Å²) >= 11 is 5.37. The van der Waals surface area contributed by atoms with Crippen LogP contribution >= 0.6 is 11.6 Å². The van der Waals surface area contributed by atoms with Gasteiger partial charge in [-0.1, -0.05) is 11.6 Å². The highest BCUT2D eigenvalue weighted by Crippen LogP contribution is 2.33. The van der Waals surface area contributed by atoms with E-state index in [4.69, 9.17) is 11.6 Å². The van der Waals surface area contributed by atoms with E-state index in [9.17, 15) is 18.0 Å². The smallest absolute Gasteiger partial charge is 0.274 e. The molecule has 0 aliphatic carbocycles. The van der Waals surface area contributed by atoms with E-state index < -0.39 is 23.2 Å². The van der Waals surface area contributed by atoms with Gasteiger partial charge in [0.05, 0.1) is 18.2 Å². The van der Waals surface area contributed by atoms with Crippen LogP contribution in [0.1, 0.15) is 15.9 Å². The first-order valence-electron chi connectivity index (χ1n) is 4.32. The second kappa shape index (κ2) is 4.89. The van der Waals surface area contributed by atoms with Crippen molar-refractivity contribution < 1.29 is 22.8 Å². The lowest BCUT2D eigenvalue weighted by Gasteiger charge is -2.17. The van der Waals surface area contributed by atoms with Gasteiger partial charge >= 0.3 is 6.18 Å². The van der Waals surface area contributed by atoms with Crippen LogP contribution in [0.2, 0.25) is 5.15 Å². The van der Waals surface area contributed by atoms with Crippen molar-refractivity contribution in [1.29, 1.82) is 0 Å². The fraction of sp³-hybridized carbons (Fsp3) is 0.333. The summed E-state index contributed by atoms with van der Waals surface area (Å²) in [7, 11) is 2.35. The number of alkyl halides is 3. The summed E-state index contributed by atoms with van der Waals surface area (Å²) in [6.07, 6.45) is -3.92. The first-order valence-corrected chi connectivity index (χ1v) is 4.70. The van der Waals surface area contributed by atoms with Crippen molar-refractivity contribution >= 4 is 17.5 Å². The van der Waals surface area contributed by atoms with Crippen molar-refractivity contribution in [3.63, 3.8) is 0 Å². The Labute approximate surface area is 99.9 Å². The van der Waals surface area contributed by atoms with Gasteiger partial charge < -0.3 is 0 Å². The van der Waals surface area contributed by atoms with Gasteiger partial charge in [0.25, 0.3) is 5.91 Å². The number of halogens is 4. The molecule has 94 valence electrons. The van der Waals surface area contributed by atoms with Crippen LogP contribution in [0.5, 0.6) is 0 Å². The molecular formula is C9H8ClF3N2O2. The molecule has 8 heteroatoms. The maximum atomic E-state index is 12.7. The van der Waals surface area contributed by atoms with E-state index in [0.717, 1.165) is 13.3 Å². The number of carbonyl (C=O) groups is 1. The van der Waals surface area contributed by atoms with Crippen LogP contribution in [0.4, 0.5) is 13.2 Å². The lowest BCUT2D eigenvalue weighted by molar-refractivity contribution is -0.138. The van der Waals surface area contributed by atoms with Gasteiger partial charge in [0, 0.05) is 13.2 Å². The van der Waals surface area contributed by atoms with E-state index in [2.05, 4.69) is 9.82 Å². The Hall–Kier alpha value is -1.34. The summed E-state index contributed by atoms with van der Waals surface area (Å²) in [5.74, 6) is -0.955. The van der Waals surface area contributed by atoms with Crippen LogP contribution in [0.25, 0.3) is 0 Å². The SMILES string of the molecule is CON(C)C(=O)c1cnc(Cl)cc1C(F)(F)F. The lowest BCUT2D eigenvalue weighted by Crippen LogP contribution is -2.28. The standard InChI is InChI=1S/C9H8ClF3N2O2/c1-15(17-2)8(16)5-4-14-7(10)3-6(5)9(11,12)13/h3-4H,1-2H3. The van der Waals surface area contributed by atoms with Crippen molar-refractivity contribution in [2.24, 2.45) is 0 Å². The maximum Gasteiger partial charge on any atom is 0.417 e.